The van der Waals surface area contributed by atoms with Crippen LogP contribution >= 0.6 is 0 Å². The summed E-state index contributed by atoms with van der Waals surface area (Å²) in [5, 5.41) is 9.09. The Morgan fingerprint density at radius 1 is 1.40 bits per heavy atom. The van der Waals surface area contributed by atoms with Crippen LogP contribution < -0.4 is 9.47 Å². The first-order chi connectivity index (χ1) is 9.71. The van der Waals surface area contributed by atoms with Gasteiger partial charge in [-0.3, -0.25) is 4.79 Å². The maximum absolute atomic E-state index is 12.5. The van der Waals surface area contributed by atoms with Gasteiger partial charge in [-0.1, -0.05) is 0 Å². The number of benzene rings is 1. The highest BCUT2D eigenvalue weighted by atomic mass is 16.5. The number of hydrogen-bond donors (Lipinski definition) is 1. The normalized spacial score (nSPS) is 13.9. The van der Waals surface area contributed by atoms with Crippen molar-refractivity contribution in [2.75, 3.05) is 26.9 Å². The minimum absolute atomic E-state index is 0.0172. The van der Waals surface area contributed by atoms with E-state index in [2.05, 4.69) is 0 Å². The fourth-order valence-corrected chi connectivity index (χ4v) is 2.19. The van der Waals surface area contributed by atoms with E-state index in [9.17, 15) is 4.79 Å². The van der Waals surface area contributed by atoms with Crippen LogP contribution in [0.15, 0.2) is 18.2 Å². The Balaban J connectivity index is 2.22. The molecule has 0 heterocycles. The van der Waals surface area contributed by atoms with Gasteiger partial charge in [-0.25, -0.2) is 0 Å². The molecule has 0 unspecified atom stereocenters. The Bertz CT molecular complexity index is 471. The number of hydrogen-bond acceptors (Lipinski definition) is 4. The van der Waals surface area contributed by atoms with Gasteiger partial charge in [0.05, 0.1) is 20.3 Å². The number of aliphatic hydroxyl groups excluding tert-OH is 1. The molecule has 0 bridgehead atoms. The van der Waals surface area contributed by atoms with E-state index in [1.165, 1.54) is 0 Å². The second-order valence-electron chi connectivity index (χ2n) is 4.75. The molecule has 0 aliphatic heterocycles. The fourth-order valence-electron chi connectivity index (χ4n) is 2.19. The second-order valence-corrected chi connectivity index (χ2v) is 4.75. The van der Waals surface area contributed by atoms with Gasteiger partial charge in [0.1, 0.15) is 0 Å². The van der Waals surface area contributed by atoms with Crippen LogP contribution in [0.5, 0.6) is 11.5 Å². The first kappa shape index (κ1) is 14.7. The Kier molecular flexibility index (Phi) is 4.84. The first-order valence-electron chi connectivity index (χ1n) is 6.94. The highest BCUT2D eigenvalue weighted by molar-refractivity contribution is 5.95. The summed E-state index contributed by atoms with van der Waals surface area (Å²) in [6.45, 7) is 2.75. The van der Waals surface area contributed by atoms with E-state index in [0.717, 1.165) is 12.8 Å². The smallest absolute Gasteiger partial charge is 0.254 e. The molecule has 20 heavy (non-hydrogen) atoms. The van der Waals surface area contributed by atoms with E-state index in [1.807, 2.05) is 6.92 Å². The Morgan fingerprint density at radius 2 is 2.15 bits per heavy atom. The summed E-state index contributed by atoms with van der Waals surface area (Å²) in [5.41, 5.74) is 0.564. The zero-order chi connectivity index (χ0) is 14.5. The number of carbonyl (C=O) groups is 1. The lowest BCUT2D eigenvalue weighted by atomic mass is 10.1. The molecule has 0 saturated heterocycles. The maximum atomic E-state index is 12.5. The van der Waals surface area contributed by atoms with Crippen LogP contribution in [0, 0.1) is 0 Å². The minimum Gasteiger partial charge on any atom is -0.493 e. The lowest BCUT2D eigenvalue weighted by Crippen LogP contribution is -2.35. The molecule has 1 saturated carbocycles. The van der Waals surface area contributed by atoms with Crippen LogP contribution in [0.1, 0.15) is 30.1 Å². The van der Waals surface area contributed by atoms with Gasteiger partial charge < -0.3 is 19.5 Å². The second kappa shape index (κ2) is 6.61. The third-order valence-electron chi connectivity index (χ3n) is 3.30. The molecule has 1 aliphatic carbocycles. The molecule has 0 spiro atoms. The fraction of sp³-hybridized carbons (Fsp3) is 0.533. The van der Waals surface area contributed by atoms with Gasteiger partial charge in [0, 0.05) is 18.2 Å². The number of ether oxygens (including phenoxy) is 2. The quantitative estimate of drug-likeness (QED) is 0.825. The van der Waals surface area contributed by atoms with Crippen molar-refractivity contribution in [2.24, 2.45) is 0 Å². The van der Waals surface area contributed by atoms with Crippen LogP contribution in [-0.2, 0) is 0 Å². The molecule has 1 aromatic rings. The Morgan fingerprint density at radius 3 is 2.70 bits per heavy atom. The first-order valence-corrected chi connectivity index (χ1v) is 6.94. The van der Waals surface area contributed by atoms with Crippen LogP contribution in [0.3, 0.4) is 0 Å². The molecular weight excluding hydrogens is 258 g/mol. The molecule has 110 valence electrons. The molecule has 0 aromatic heterocycles. The zero-order valence-electron chi connectivity index (χ0n) is 12.0. The van der Waals surface area contributed by atoms with Gasteiger partial charge >= 0.3 is 0 Å². The topological polar surface area (TPSA) is 59.0 Å². The van der Waals surface area contributed by atoms with E-state index in [-0.39, 0.29) is 18.6 Å². The third-order valence-corrected chi connectivity index (χ3v) is 3.30. The van der Waals surface area contributed by atoms with E-state index >= 15 is 0 Å². The van der Waals surface area contributed by atoms with Crippen LogP contribution in [0.2, 0.25) is 0 Å². The van der Waals surface area contributed by atoms with Crippen molar-refractivity contribution in [3.05, 3.63) is 23.8 Å². The molecule has 5 heteroatoms. The monoisotopic (exact) mass is 279 g/mol. The number of amides is 1. The maximum Gasteiger partial charge on any atom is 0.254 e. The summed E-state index contributed by atoms with van der Waals surface area (Å²) < 4.78 is 10.7. The highest BCUT2D eigenvalue weighted by Gasteiger charge is 2.32. The summed E-state index contributed by atoms with van der Waals surface area (Å²) in [7, 11) is 1.57. The van der Waals surface area contributed by atoms with Gasteiger partial charge in [0.25, 0.3) is 5.91 Å². The van der Waals surface area contributed by atoms with Crippen LogP contribution in [-0.4, -0.2) is 48.8 Å². The highest BCUT2D eigenvalue weighted by Crippen LogP contribution is 2.31. The van der Waals surface area contributed by atoms with Gasteiger partial charge in [0.15, 0.2) is 11.5 Å². The van der Waals surface area contributed by atoms with Crippen molar-refractivity contribution in [1.82, 2.24) is 4.90 Å². The van der Waals surface area contributed by atoms with Crippen molar-refractivity contribution in [2.45, 2.75) is 25.8 Å². The molecule has 5 nitrogen and oxygen atoms in total. The molecule has 1 amide bonds. The molecule has 1 N–H and O–H groups in total. The molecule has 1 aromatic carbocycles. The Labute approximate surface area is 119 Å². The number of aliphatic hydroxyl groups is 1. The largest absolute Gasteiger partial charge is 0.493 e. The Hall–Kier alpha value is -1.75. The summed E-state index contributed by atoms with van der Waals surface area (Å²) in [4.78, 5) is 14.2. The number of methoxy groups -OCH3 is 1. The average Bonchev–Trinajstić information content (AvgIpc) is 3.29. The lowest BCUT2D eigenvalue weighted by Gasteiger charge is -2.22. The van der Waals surface area contributed by atoms with Gasteiger partial charge in [-0.15, -0.1) is 0 Å². The SMILES string of the molecule is CCOc1cc(C(=O)N(CCO)C2CC2)ccc1OC. The molecule has 0 atom stereocenters. The summed E-state index contributed by atoms with van der Waals surface area (Å²) >= 11 is 0. The lowest BCUT2D eigenvalue weighted by molar-refractivity contribution is 0.0707. The number of rotatable bonds is 7. The number of carbonyl (C=O) groups excluding carboxylic acids is 1. The van der Waals surface area contributed by atoms with Crippen molar-refractivity contribution in [3.8, 4) is 11.5 Å². The van der Waals surface area contributed by atoms with E-state index in [4.69, 9.17) is 14.6 Å². The molecule has 1 aliphatic rings. The van der Waals surface area contributed by atoms with Crippen molar-refractivity contribution in [3.63, 3.8) is 0 Å². The van der Waals surface area contributed by atoms with E-state index < -0.39 is 0 Å². The molecule has 0 radical (unpaired) electrons. The standard InChI is InChI=1S/C15H21NO4/c1-3-20-14-10-11(4-7-13(14)19-2)15(18)16(8-9-17)12-5-6-12/h4,7,10,12,17H,3,5-6,8-9H2,1-2H3. The molecular formula is C15H21NO4. The summed E-state index contributed by atoms with van der Waals surface area (Å²) in [6, 6.07) is 5.45. The summed E-state index contributed by atoms with van der Waals surface area (Å²) in [5.74, 6) is 1.12. The van der Waals surface area contributed by atoms with E-state index in [1.54, 1.807) is 30.2 Å². The predicted octanol–water partition coefficient (Wildman–Crippen LogP) is 1.69. The van der Waals surface area contributed by atoms with Crippen molar-refractivity contribution < 1.29 is 19.4 Å². The van der Waals surface area contributed by atoms with Crippen molar-refractivity contribution >= 4 is 5.91 Å². The van der Waals surface area contributed by atoms with Gasteiger partial charge in [-0.2, -0.15) is 0 Å². The van der Waals surface area contributed by atoms with Gasteiger partial charge in [-0.05, 0) is 38.0 Å². The van der Waals surface area contributed by atoms with Gasteiger partial charge in [0.2, 0.25) is 0 Å². The van der Waals surface area contributed by atoms with Crippen LogP contribution in [0.25, 0.3) is 0 Å². The molecule has 1 fully saturated rings. The van der Waals surface area contributed by atoms with Crippen molar-refractivity contribution in [1.29, 1.82) is 0 Å². The number of nitrogens with zero attached hydrogens (tertiary/aromatic N) is 1. The van der Waals surface area contributed by atoms with Crippen LogP contribution in [0.4, 0.5) is 0 Å². The average molecular weight is 279 g/mol. The molecule has 2 rings (SSSR count). The minimum atomic E-state index is -0.0647. The zero-order valence-corrected chi connectivity index (χ0v) is 12.0. The van der Waals surface area contributed by atoms with E-state index in [0.29, 0.717) is 30.2 Å². The predicted molar refractivity (Wildman–Crippen MR) is 75.3 cm³/mol. The summed E-state index contributed by atoms with van der Waals surface area (Å²) in [6.07, 6.45) is 2.03. The third kappa shape index (κ3) is 3.22.